The Balaban J connectivity index is 2.87. The van der Waals surface area contributed by atoms with Crippen LogP contribution in [-0.4, -0.2) is 39.8 Å². The molecule has 5 nitrogen and oxygen atoms in total. The number of halogens is 2. The van der Waals surface area contributed by atoms with Crippen LogP contribution < -0.4 is 0 Å². The summed E-state index contributed by atoms with van der Waals surface area (Å²) in [4.78, 5) is 17.1. The molecule has 0 aromatic carbocycles. The van der Waals surface area contributed by atoms with E-state index in [0.29, 0.717) is 0 Å². The number of amides is 1. The van der Waals surface area contributed by atoms with Gasteiger partial charge >= 0.3 is 6.09 Å². The lowest BCUT2D eigenvalue weighted by molar-refractivity contribution is 0.0197. The summed E-state index contributed by atoms with van der Waals surface area (Å²) < 4.78 is 19.3. The first-order valence-corrected chi connectivity index (χ1v) is 6.91. The summed E-state index contributed by atoms with van der Waals surface area (Å²) in [5, 5.41) is 9.01. The van der Waals surface area contributed by atoms with Gasteiger partial charge in [0.25, 0.3) is 0 Å². The number of hydrogen-bond acceptors (Lipinski definition) is 4. The van der Waals surface area contributed by atoms with Crippen LogP contribution >= 0.6 is 15.9 Å². The maximum atomic E-state index is 13.9. The number of rotatable bonds is 4. The molecule has 1 aromatic heterocycles. The number of carbonyl (C=O) groups excluding carboxylic acids is 1. The molecular weight excluding hydrogens is 331 g/mol. The number of ether oxygens (including phenoxy) is 1. The average molecular weight is 349 g/mol. The van der Waals surface area contributed by atoms with Crippen molar-refractivity contribution in [2.45, 2.75) is 32.9 Å². The number of aliphatic hydroxyl groups excluding tert-OH is 1. The minimum absolute atomic E-state index is 0.0442. The van der Waals surface area contributed by atoms with Gasteiger partial charge < -0.3 is 9.84 Å². The SMILES string of the molecule is CC(C)(C)OC(=O)N(CCO)Cc1nccc(Br)c1F. The van der Waals surface area contributed by atoms with Crippen molar-refractivity contribution in [3.05, 3.63) is 28.2 Å². The average Bonchev–Trinajstić information content (AvgIpc) is 2.32. The minimum Gasteiger partial charge on any atom is -0.444 e. The number of aliphatic hydroxyl groups is 1. The van der Waals surface area contributed by atoms with Crippen LogP contribution in [0.3, 0.4) is 0 Å². The highest BCUT2D eigenvalue weighted by molar-refractivity contribution is 9.10. The van der Waals surface area contributed by atoms with E-state index in [0.717, 1.165) is 0 Å². The van der Waals surface area contributed by atoms with Gasteiger partial charge in [-0.1, -0.05) is 0 Å². The van der Waals surface area contributed by atoms with Crippen molar-refractivity contribution in [3.8, 4) is 0 Å². The molecule has 1 rings (SSSR count). The molecule has 0 radical (unpaired) electrons. The highest BCUT2D eigenvalue weighted by atomic mass is 79.9. The van der Waals surface area contributed by atoms with Crippen molar-refractivity contribution in [2.24, 2.45) is 0 Å². The Morgan fingerprint density at radius 1 is 1.55 bits per heavy atom. The third kappa shape index (κ3) is 5.05. The lowest BCUT2D eigenvalue weighted by Gasteiger charge is -2.26. The zero-order chi connectivity index (χ0) is 15.3. The number of hydrogen-bond donors (Lipinski definition) is 1. The zero-order valence-corrected chi connectivity index (χ0v) is 13.3. The lowest BCUT2D eigenvalue weighted by Crippen LogP contribution is -2.38. The molecule has 0 spiro atoms. The molecule has 0 fully saturated rings. The maximum absolute atomic E-state index is 13.9. The summed E-state index contributed by atoms with van der Waals surface area (Å²) in [5.41, 5.74) is -0.549. The molecule has 7 heteroatoms. The molecule has 0 saturated heterocycles. The molecule has 0 aliphatic carbocycles. The van der Waals surface area contributed by atoms with Crippen LogP contribution in [0, 0.1) is 5.82 Å². The van der Waals surface area contributed by atoms with Gasteiger partial charge in [0.2, 0.25) is 0 Å². The highest BCUT2D eigenvalue weighted by Gasteiger charge is 2.23. The molecule has 0 aliphatic heterocycles. The van der Waals surface area contributed by atoms with E-state index < -0.39 is 17.5 Å². The molecule has 1 aromatic rings. The number of aromatic nitrogens is 1. The van der Waals surface area contributed by atoms with Crippen LogP contribution in [0.5, 0.6) is 0 Å². The van der Waals surface area contributed by atoms with Crippen LogP contribution in [0.1, 0.15) is 26.5 Å². The number of pyridine rings is 1. The van der Waals surface area contributed by atoms with Gasteiger partial charge in [-0.3, -0.25) is 9.88 Å². The van der Waals surface area contributed by atoms with Crippen molar-refractivity contribution >= 4 is 22.0 Å². The van der Waals surface area contributed by atoms with Crippen molar-refractivity contribution in [1.82, 2.24) is 9.88 Å². The topological polar surface area (TPSA) is 62.7 Å². The fourth-order valence-electron chi connectivity index (χ4n) is 1.43. The Morgan fingerprint density at radius 3 is 2.75 bits per heavy atom. The van der Waals surface area contributed by atoms with Crippen LogP contribution in [0.4, 0.5) is 9.18 Å². The van der Waals surface area contributed by atoms with Crippen LogP contribution in [0.2, 0.25) is 0 Å². The fraction of sp³-hybridized carbons (Fsp3) is 0.538. The van der Waals surface area contributed by atoms with Gasteiger partial charge in [0, 0.05) is 12.7 Å². The van der Waals surface area contributed by atoms with E-state index in [2.05, 4.69) is 20.9 Å². The normalized spacial score (nSPS) is 11.3. The molecule has 0 saturated carbocycles. The Kier molecular flexibility index (Phi) is 5.88. The predicted molar refractivity (Wildman–Crippen MR) is 75.6 cm³/mol. The fourth-order valence-corrected chi connectivity index (χ4v) is 1.78. The van der Waals surface area contributed by atoms with E-state index in [9.17, 15) is 9.18 Å². The van der Waals surface area contributed by atoms with E-state index in [1.165, 1.54) is 17.2 Å². The summed E-state index contributed by atoms with van der Waals surface area (Å²) >= 11 is 3.06. The number of nitrogens with zero attached hydrogens (tertiary/aromatic N) is 2. The summed E-state index contributed by atoms with van der Waals surface area (Å²) in [6.45, 7) is 4.94. The first kappa shape index (κ1) is 16.8. The van der Waals surface area contributed by atoms with Crippen LogP contribution in [0.15, 0.2) is 16.7 Å². The monoisotopic (exact) mass is 348 g/mol. The minimum atomic E-state index is -0.659. The van der Waals surface area contributed by atoms with Gasteiger partial charge in [-0.15, -0.1) is 0 Å². The first-order chi connectivity index (χ1) is 9.24. The van der Waals surface area contributed by atoms with Crippen molar-refractivity contribution in [2.75, 3.05) is 13.2 Å². The predicted octanol–water partition coefficient (Wildman–Crippen LogP) is 2.71. The first-order valence-electron chi connectivity index (χ1n) is 6.12. The number of carbonyl (C=O) groups is 1. The molecular formula is C13H18BrFN2O3. The Bertz CT molecular complexity index is 477. The smallest absolute Gasteiger partial charge is 0.410 e. The molecule has 0 bridgehead atoms. The molecule has 1 amide bonds. The Morgan fingerprint density at radius 2 is 2.20 bits per heavy atom. The van der Waals surface area contributed by atoms with Crippen molar-refractivity contribution in [1.29, 1.82) is 0 Å². The quantitative estimate of drug-likeness (QED) is 0.908. The molecule has 0 aliphatic rings. The molecule has 0 atom stereocenters. The van der Waals surface area contributed by atoms with E-state index in [4.69, 9.17) is 9.84 Å². The molecule has 1 heterocycles. The summed E-state index contributed by atoms with van der Waals surface area (Å²) in [5.74, 6) is -0.529. The molecule has 20 heavy (non-hydrogen) atoms. The van der Waals surface area contributed by atoms with Gasteiger partial charge in [-0.25, -0.2) is 9.18 Å². The third-order valence-electron chi connectivity index (χ3n) is 2.28. The molecule has 1 N–H and O–H groups in total. The van der Waals surface area contributed by atoms with E-state index in [1.807, 2.05) is 0 Å². The largest absolute Gasteiger partial charge is 0.444 e. The lowest BCUT2D eigenvalue weighted by atomic mass is 10.2. The molecule has 112 valence electrons. The Labute approximate surface area is 125 Å². The zero-order valence-electron chi connectivity index (χ0n) is 11.7. The highest BCUT2D eigenvalue weighted by Crippen LogP contribution is 2.19. The van der Waals surface area contributed by atoms with Crippen molar-refractivity contribution < 1.29 is 19.0 Å². The summed E-state index contributed by atoms with van der Waals surface area (Å²) in [6.07, 6.45) is 0.821. The van der Waals surface area contributed by atoms with Crippen LogP contribution in [-0.2, 0) is 11.3 Å². The third-order valence-corrected chi connectivity index (χ3v) is 2.89. The van der Waals surface area contributed by atoms with Gasteiger partial charge in [0.1, 0.15) is 5.60 Å². The van der Waals surface area contributed by atoms with Gasteiger partial charge in [0.15, 0.2) is 5.82 Å². The van der Waals surface area contributed by atoms with Crippen molar-refractivity contribution in [3.63, 3.8) is 0 Å². The summed E-state index contributed by atoms with van der Waals surface area (Å²) in [7, 11) is 0. The molecule has 0 unspecified atom stereocenters. The second kappa shape index (κ2) is 6.99. The maximum Gasteiger partial charge on any atom is 0.410 e. The van der Waals surface area contributed by atoms with Gasteiger partial charge in [-0.05, 0) is 42.8 Å². The second-order valence-electron chi connectivity index (χ2n) is 5.18. The second-order valence-corrected chi connectivity index (χ2v) is 6.03. The van der Waals surface area contributed by atoms with Gasteiger partial charge in [0.05, 0.1) is 23.3 Å². The Hall–Kier alpha value is -1.21. The van der Waals surface area contributed by atoms with E-state index >= 15 is 0 Å². The van der Waals surface area contributed by atoms with E-state index in [-0.39, 0.29) is 29.9 Å². The van der Waals surface area contributed by atoms with Crippen LogP contribution in [0.25, 0.3) is 0 Å². The van der Waals surface area contributed by atoms with E-state index in [1.54, 1.807) is 20.8 Å². The standard InChI is InChI=1S/C13H18BrFN2O3/c1-13(2,3)20-12(19)17(6-7-18)8-10-11(15)9(14)4-5-16-10/h4-5,18H,6-8H2,1-3H3. The van der Waals surface area contributed by atoms with Gasteiger partial charge in [-0.2, -0.15) is 0 Å². The summed E-state index contributed by atoms with van der Waals surface area (Å²) in [6, 6.07) is 1.47.